The summed E-state index contributed by atoms with van der Waals surface area (Å²) in [5.74, 6) is -0.271. The molecular weight excluding hydrogens is 272 g/mol. The van der Waals surface area contributed by atoms with Crippen LogP contribution in [0.2, 0.25) is 5.02 Å². The van der Waals surface area contributed by atoms with E-state index in [1.165, 1.54) is 18.0 Å². The van der Waals surface area contributed by atoms with E-state index in [1.54, 1.807) is 6.07 Å². The molecule has 1 aromatic rings. The highest BCUT2D eigenvalue weighted by molar-refractivity contribution is 7.99. The maximum atomic E-state index is 12.0. The van der Waals surface area contributed by atoms with Crippen molar-refractivity contribution in [2.45, 2.75) is 25.1 Å². The molecule has 1 aromatic heterocycles. The lowest BCUT2D eigenvalue weighted by Crippen LogP contribution is -2.41. The lowest BCUT2D eigenvalue weighted by atomic mass is 10.2. The molecule has 1 rings (SSSR count). The third-order valence-corrected chi connectivity index (χ3v) is 4.11. The van der Waals surface area contributed by atoms with Crippen molar-refractivity contribution >= 4 is 29.3 Å². The minimum atomic E-state index is -0.271. The quantitative estimate of drug-likeness (QED) is 0.868. The maximum absolute atomic E-state index is 12.0. The Labute approximate surface area is 116 Å². The monoisotopic (exact) mass is 288 g/mol. The summed E-state index contributed by atoms with van der Waals surface area (Å²) in [5, 5.41) is 12.3. The van der Waals surface area contributed by atoms with Crippen LogP contribution in [0.25, 0.3) is 0 Å². The predicted octanol–water partition coefficient (Wildman–Crippen LogP) is 1.89. The highest BCUT2D eigenvalue weighted by atomic mass is 35.5. The summed E-state index contributed by atoms with van der Waals surface area (Å²) >= 11 is 7.51. The van der Waals surface area contributed by atoms with Crippen molar-refractivity contribution in [1.82, 2.24) is 10.3 Å². The summed E-state index contributed by atoms with van der Waals surface area (Å²) in [7, 11) is 0. The van der Waals surface area contributed by atoms with E-state index in [9.17, 15) is 4.79 Å². The van der Waals surface area contributed by atoms with E-state index in [0.29, 0.717) is 10.6 Å². The van der Waals surface area contributed by atoms with Gasteiger partial charge in [0.05, 0.1) is 17.2 Å². The van der Waals surface area contributed by atoms with Gasteiger partial charge in [-0.05, 0) is 26.2 Å². The smallest absolute Gasteiger partial charge is 0.254 e. The van der Waals surface area contributed by atoms with Crippen LogP contribution in [0.4, 0.5) is 0 Å². The molecule has 6 heteroatoms. The fourth-order valence-electron chi connectivity index (χ4n) is 1.51. The van der Waals surface area contributed by atoms with Crippen molar-refractivity contribution in [3.05, 3.63) is 28.5 Å². The normalized spacial score (nSPS) is 14.1. The Kier molecular flexibility index (Phi) is 5.91. The first-order chi connectivity index (χ1) is 8.49. The van der Waals surface area contributed by atoms with E-state index in [1.807, 2.05) is 20.1 Å². The van der Waals surface area contributed by atoms with Crippen LogP contribution in [0.1, 0.15) is 23.0 Å². The van der Waals surface area contributed by atoms with Gasteiger partial charge in [-0.1, -0.05) is 11.6 Å². The highest BCUT2D eigenvalue weighted by Crippen LogP contribution is 2.17. The number of nitrogens with zero attached hydrogens (tertiary/aromatic N) is 1. The maximum Gasteiger partial charge on any atom is 0.254 e. The molecule has 0 aliphatic rings. The molecule has 0 aromatic carbocycles. The Morgan fingerprint density at radius 1 is 1.67 bits per heavy atom. The van der Waals surface area contributed by atoms with E-state index in [4.69, 9.17) is 16.7 Å². The van der Waals surface area contributed by atoms with Crippen molar-refractivity contribution < 1.29 is 9.90 Å². The zero-order valence-corrected chi connectivity index (χ0v) is 12.2. The number of carbonyl (C=O) groups is 1. The van der Waals surface area contributed by atoms with Gasteiger partial charge in [0.25, 0.3) is 5.91 Å². The molecule has 4 nitrogen and oxygen atoms in total. The number of hydrogen-bond donors (Lipinski definition) is 2. The first-order valence-electron chi connectivity index (χ1n) is 5.56. The van der Waals surface area contributed by atoms with Crippen LogP contribution < -0.4 is 5.32 Å². The van der Waals surface area contributed by atoms with Crippen LogP contribution in [-0.2, 0) is 0 Å². The zero-order chi connectivity index (χ0) is 13.7. The molecule has 2 N–H and O–H groups in total. The number of hydrogen-bond acceptors (Lipinski definition) is 4. The third kappa shape index (κ3) is 3.86. The van der Waals surface area contributed by atoms with Crippen LogP contribution in [0.3, 0.4) is 0 Å². The molecule has 2 atom stereocenters. The average molecular weight is 289 g/mol. The molecule has 0 aliphatic heterocycles. The SMILES string of the molecule is CSC(CO)C(C)NC(=O)c1cnc(C)cc1Cl. The van der Waals surface area contributed by atoms with Crippen molar-refractivity contribution in [2.24, 2.45) is 0 Å². The Hall–Kier alpha value is -0.780. The Balaban J connectivity index is 2.76. The van der Waals surface area contributed by atoms with Crippen molar-refractivity contribution in [2.75, 3.05) is 12.9 Å². The van der Waals surface area contributed by atoms with E-state index in [0.717, 1.165) is 5.69 Å². The first-order valence-corrected chi connectivity index (χ1v) is 7.22. The predicted molar refractivity (Wildman–Crippen MR) is 75.3 cm³/mol. The standard InChI is InChI=1S/C12H17ClN2O2S/c1-7-4-10(13)9(5-14-7)12(17)15-8(2)11(6-16)18-3/h4-5,8,11,16H,6H2,1-3H3,(H,15,17). The largest absolute Gasteiger partial charge is 0.395 e. The van der Waals surface area contributed by atoms with Gasteiger partial charge < -0.3 is 10.4 Å². The van der Waals surface area contributed by atoms with Crippen molar-refractivity contribution in [1.29, 1.82) is 0 Å². The summed E-state index contributed by atoms with van der Waals surface area (Å²) in [6.45, 7) is 3.68. The molecule has 0 fully saturated rings. The van der Waals surface area contributed by atoms with Crippen LogP contribution in [0.5, 0.6) is 0 Å². The van der Waals surface area contributed by atoms with Gasteiger partial charge in [0.2, 0.25) is 0 Å². The third-order valence-electron chi connectivity index (χ3n) is 2.63. The second-order valence-corrected chi connectivity index (χ2v) is 5.51. The Morgan fingerprint density at radius 3 is 2.83 bits per heavy atom. The lowest BCUT2D eigenvalue weighted by Gasteiger charge is -2.21. The second-order valence-electron chi connectivity index (χ2n) is 4.02. The molecule has 18 heavy (non-hydrogen) atoms. The van der Waals surface area contributed by atoms with Crippen LogP contribution in [0, 0.1) is 6.92 Å². The minimum Gasteiger partial charge on any atom is -0.395 e. The Bertz CT molecular complexity index is 425. The van der Waals surface area contributed by atoms with E-state index < -0.39 is 0 Å². The van der Waals surface area contributed by atoms with Gasteiger partial charge >= 0.3 is 0 Å². The van der Waals surface area contributed by atoms with Crippen molar-refractivity contribution in [3.8, 4) is 0 Å². The topological polar surface area (TPSA) is 62.2 Å². The molecule has 100 valence electrons. The number of rotatable bonds is 5. The molecule has 0 bridgehead atoms. The van der Waals surface area contributed by atoms with Crippen molar-refractivity contribution in [3.63, 3.8) is 0 Å². The van der Waals surface area contributed by atoms with Gasteiger partial charge in [-0.3, -0.25) is 9.78 Å². The van der Waals surface area contributed by atoms with Crippen LogP contribution in [0.15, 0.2) is 12.3 Å². The summed E-state index contributed by atoms with van der Waals surface area (Å²) in [6.07, 6.45) is 3.36. The summed E-state index contributed by atoms with van der Waals surface area (Å²) < 4.78 is 0. The second kappa shape index (κ2) is 6.97. The van der Waals surface area contributed by atoms with Crippen LogP contribution in [-0.4, -0.2) is 40.2 Å². The minimum absolute atomic E-state index is 0.0164. The van der Waals surface area contributed by atoms with Gasteiger partial charge in [-0.2, -0.15) is 11.8 Å². The molecule has 0 saturated carbocycles. The number of aromatic nitrogens is 1. The molecule has 1 heterocycles. The fraction of sp³-hybridized carbons (Fsp3) is 0.500. The lowest BCUT2D eigenvalue weighted by molar-refractivity contribution is 0.0935. The molecule has 0 radical (unpaired) electrons. The number of aliphatic hydroxyl groups excluding tert-OH is 1. The Morgan fingerprint density at radius 2 is 2.33 bits per heavy atom. The van der Waals surface area contributed by atoms with Gasteiger partial charge in [-0.25, -0.2) is 0 Å². The molecule has 0 spiro atoms. The molecule has 0 aliphatic carbocycles. The number of thioether (sulfide) groups is 1. The average Bonchev–Trinajstić information content (AvgIpc) is 2.30. The van der Waals surface area contributed by atoms with Gasteiger partial charge in [0, 0.05) is 23.2 Å². The van der Waals surface area contributed by atoms with Gasteiger partial charge in [0.1, 0.15) is 0 Å². The summed E-state index contributed by atoms with van der Waals surface area (Å²) in [4.78, 5) is 16.1. The number of pyridine rings is 1. The summed E-state index contributed by atoms with van der Waals surface area (Å²) in [6, 6.07) is 1.51. The number of halogens is 1. The number of carbonyl (C=O) groups excluding carboxylic acids is 1. The van der Waals surface area contributed by atoms with E-state index in [-0.39, 0.29) is 23.8 Å². The van der Waals surface area contributed by atoms with Gasteiger partial charge in [-0.15, -0.1) is 0 Å². The molecule has 0 saturated heterocycles. The van der Waals surface area contributed by atoms with Crippen LogP contribution >= 0.6 is 23.4 Å². The number of nitrogens with one attached hydrogen (secondary N) is 1. The molecule has 1 amide bonds. The highest BCUT2D eigenvalue weighted by Gasteiger charge is 2.19. The molecular formula is C12H17ClN2O2S. The first kappa shape index (κ1) is 15.3. The zero-order valence-electron chi connectivity index (χ0n) is 10.6. The van der Waals surface area contributed by atoms with E-state index >= 15 is 0 Å². The fourth-order valence-corrected chi connectivity index (χ4v) is 2.43. The summed E-state index contributed by atoms with van der Waals surface area (Å²) in [5.41, 5.74) is 1.12. The number of amides is 1. The molecule has 2 unspecified atom stereocenters. The van der Waals surface area contributed by atoms with E-state index in [2.05, 4.69) is 10.3 Å². The van der Waals surface area contributed by atoms with Gasteiger partial charge in [0.15, 0.2) is 0 Å². The number of aryl methyl sites for hydroxylation is 1. The number of aliphatic hydroxyl groups is 1.